The minimum absolute atomic E-state index is 0.178. The first-order chi connectivity index (χ1) is 5.86. The predicted molar refractivity (Wildman–Crippen MR) is 50.5 cm³/mol. The van der Waals surface area contributed by atoms with Gasteiger partial charge in [-0.05, 0) is 13.8 Å². The van der Waals surface area contributed by atoms with E-state index in [1.165, 1.54) is 23.6 Å². The Morgan fingerprint density at radius 3 is 2.38 bits per heavy atom. The Labute approximate surface area is 81.3 Å². The van der Waals surface area contributed by atoms with Crippen molar-refractivity contribution in [3.05, 3.63) is 0 Å². The summed E-state index contributed by atoms with van der Waals surface area (Å²) in [5, 5.41) is 8.86. The van der Waals surface area contributed by atoms with Crippen molar-refractivity contribution in [1.82, 2.24) is 4.90 Å². The zero-order chi connectivity index (χ0) is 10.2. The number of rotatable bonds is 1. The molecule has 1 amide bonds. The zero-order valence-electron chi connectivity index (χ0n) is 7.90. The molecule has 0 spiro atoms. The number of nitrogens with zero attached hydrogens (tertiary/aromatic N) is 1. The van der Waals surface area contributed by atoms with Crippen molar-refractivity contribution in [2.45, 2.75) is 31.7 Å². The van der Waals surface area contributed by atoms with E-state index in [4.69, 9.17) is 5.11 Å². The standard InChI is InChI=1S/C8H13NO3S/c1-5(10)9-6(7(11)12)4-13-8(9,2)3/h6H,4H2,1-3H3,(H,11,12). The van der Waals surface area contributed by atoms with E-state index in [-0.39, 0.29) is 5.91 Å². The van der Waals surface area contributed by atoms with Crippen molar-refractivity contribution in [1.29, 1.82) is 0 Å². The summed E-state index contributed by atoms with van der Waals surface area (Å²) in [6, 6.07) is -0.669. The van der Waals surface area contributed by atoms with Gasteiger partial charge in [-0.2, -0.15) is 0 Å². The van der Waals surface area contributed by atoms with Crippen LogP contribution in [0.3, 0.4) is 0 Å². The van der Waals surface area contributed by atoms with Crippen LogP contribution in [-0.4, -0.2) is 38.5 Å². The van der Waals surface area contributed by atoms with Gasteiger partial charge in [-0.1, -0.05) is 0 Å². The third kappa shape index (κ3) is 1.80. The lowest BCUT2D eigenvalue weighted by atomic mass is 10.2. The van der Waals surface area contributed by atoms with E-state index in [0.717, 1.165) is 0 Å². The van der Waals surface area contributed by atoms with Crippen LogP contribution < -0.4 is 0 Å². The molecule has 0 aromatic heterocycles. The van der Waals surface area contributed by atoms with Gasteiger partial charge < -0.3 is 10.0 Å². The second-order valence-electron chi connectivity index (χ2n) is 3.50. The van der Waals surface area contributed by atoms with E-state index in [9.17, 15) is 9.59 Å². The zero-order valence-corrected chi connectivity index (χ0v) is 8.72. The van der Waals surface area contributed by atoms with Crippen LogP contribution in [0.5, 0.6) is 0 Å². The van der Waals surface area contributed by atoms with Gasteiger partial charge >= 0.3 is 5.97 Å². The second kappa shape index (κ2) is 3.21. The molecule has 1 unspecified atom stereocenters. The van der Waals surface area contributed by atoms with Crippen molar-refractivity contribution in [2.24, 2.45) is 0 Å². The molecule has 1 aliphatic rings. The highest BCUT2D eigenvalue weighted by molar-refractivity contribution is 8.00. The highest BCUT2D eigenvalue weighted by atomic mass is 32.2. The fourth-order valence-electron chi connectivity index (χ4n) is 1.58. The molecule has 1 N–H and O–H groups in total. The van der Waals surface area contributed by atoms with Gasteiger partial charge in [0.1, 0.15) is 6.04 Å². The molecule has 0 aromatic carbocycles. The lowest BCUT2D eigenvalue weighted by Gasteiger charge is -2.32. The topological polar surface area (TPSA) is 57.6 Å². The van der Waals surface area contributed by atoms with Gasteiger partial charge in [0.25, 0.3) is 0 Å². The molecule has 1 aliphatic heterocycles. The van der Waals surface area contributed by atoms with Crippen LogP contribution in [0.15, 0.2) is 0 Å². The van der Waals surface area contributed by atoms with Crippen LogP contribution >= 0.6 is 11.8 Å². The summed E-state index contributed by atoms with van der Waals surface area (Å²) < 4.78 is 0. The van der Waals surface area contributed by atoms with Crippen molar-refractivity contribution in [3.63, 3.8) is 0 Å². The van der Waals surface area contributed by atoms with E-state index in [1.54, 1.807) is 0 Å². The Hall–Kier alpha value is -0.710. The van der Waals surface area contributed by atoms with Crippen LogP contribution in [-0.2, 0) is 9.59 Å². The van der Waals surface area contributed by atoms with Crippen LogP contribution in [0.1, 0.15) is 20.8 Å². The molecule has 1 saturated heterocycles. The molecule has 74 valence electrons. The molecule has 1 atom stereocenters. The van der Waals surface area contributed by atoms with E-state index >= 15 is 0 Å². The lowest BCUT2D eigenvalue weighted by Crippen LogP contribution is -2.48. The molecule has 0 aliphatic carbocycles. The maximum absolute atomic E-state index is 11.2. The summed E-state index contributed by atoms with van der Waals surface area (Å²) >= 11 is 1.50. The number of carboxylic acid groups (broad SMARTS) is 1. The average molecular weight is 203 g/mol. The fraction of sp³-hybridized carbons (Fsp3) is 0.750. The Bertz CT molecular complexity index is 252. The van der Waals surface area contributed by atoms with Crippen LogP contribution in [0, 0.1) is 0 Å². The number of carbonyl (C=O) groups excluding carboxylic acids is 1. The summed E-state index contributed by atoms with van der Waals surface area (Å²) in [6.45, 7) is 5.13. The molecule has 4 nitrogen and oxygen atoms in total. The molecule has 0 bridgehead atoms. The number of carbonyl (C=O) groups is 2. The molecular formula is C8H13NO3S. The number of hydrogen-bond acceptors (Lipinski definition) is 3. The van der Waals surface area contributed by atoms with E-state index in [1.807, 2.05) is 13.8 Å². The summed E-state index contributed by atoms with van der Waals surface area (Å²) in [4.78, 5) is 23.1. The first-order valence-corrected chi connectivity index (χ1v) is 5.01. The van der Waals surface area contributed by atoms with E-state index in [2.05, 4.69) is 0 Å². The van der Waals surface area contributed by atoms with Gasteiger partial charge in [-0.25, -0.2) is 4.79 Å². The van der Waals surface area contributed by atoms with Crippen LogP contribution in [0.4, 0.5) is 0 Å². The maximum Gasteiger partial charge on any atom is 0.327 e. The first-order valence-electron chi connectivity index (χ1n) is 4.03. The molecular weight excluding hydrogens is 190 g/mol. The normalized spacial score (nSPS) is 26.1. The first kappa shape index (κ1) is 10.4. The quantitative estimate of drug-likeness (QED) is 0.684. The molecule has 5 heteroatoms. The molecule has 1 heterocycles. The third-order valence-corrected chi connectivity index (χ3v) is 3.50. The Morgan fingerprint density at radius 1 is 1.54 bits per heavy atom. The summed E-state index contributed by atoms with van der Waals surface area (Å²) in [6.07, 6.45) is 0. The Morgan fingerprint density at radius 2 is 2.08 bits per heavy atom. The van der Waals surface area contributed by atoms with Gasteiger partial charge in [0.2, 0.25) is 5.91 Å². The smallest absolute Gasteiger partial charge is 0.327 e. The van der Waals surface area contributed by atoms with Gasteiger partial charge in [-0.15, -0.1) is 11.8 Å². The number of thioether (sulfide) groups is 1. The predicted octanol–water partition coefficient (Wildman–Crippen LogP) is 0.771. The summed E-state index contributed by atoms with van der Waals surface area (Å²) in [7, 11) is 0. The average Bonchev–Trinajstić information content (AvgIpc) is 2.24. The van der Waals surface area contributed by atoms with Crippen LogP contribution in [0.2, 0.25) is 0 Å². The molecule has 0 saturated carbocycles. The molecule has 0 radical (unpaired) electrons. The fourth-order valence-corrected chi connectivity index (χ4v) is 2.83. The van der Waals surface area contributed by atoms with E-state index in [0.29, 0.717) is 5.75 Å². The number of hydrogen-bond donors (Lipinski definition) is 1. The van der Waals surface area contributed by atoms with Crippen molar-refractivity contribution >= 4 is 23.6 Å². The number of amides is 1. The Kier molecular flexibility index (Phi) is 2.56. The molecule has 1 fully saturated rings. The SMILES string of the molecule is CC(=O)N1C(C(=O)O)CSC1(C)C. The Balaban J connectivity index is 2.92. The monoisotopic (exact) mass is 203 g/mol. The van der Waals surface area contributed by atoms with Gasteiger partial charge in [0, 0.05) is 12.7 Å². The van der Waals surface area contributed by atoms with Crippen LogP contribution in [0.25, 0.3) is 0 Å². The maximum atomic E-state index is 11.2. The summed E-state index contributed by atoms with van der Waals surface area (Å²) in [5.41, 5.74) is 0. The molecule has 13 heavy (non-hydrogen) atoms. The van der Waals surface area contributed by atoms with Gasteiger partial charge in [0.15, 0.2) is 0 Å². The molecule has 0 aromatic rings. The van der Waals surface area contributed by atoms with Gasteiger partial charge in [0.05, 0.1) is 4.87 Å². The third-order valence-electron chi connectivity index (χ3n) is 2.11. The van der Waals surface area contributed by atoms with Crippen molar-refractivity contribution in [2.75, 3.05) is 5.75 Å². The highest BCUT2D eigenvalue weighted by Crippen LogP contribution is 2.38. The van der Waals surface area contributed by atoms with Crippen molar-refractivity contribution in [3.8, 4) is 0 Å². The lowest BCUT2D eigenvalue weighted by molar-refractivity contribution is -0.149. The number of aliphatic carboxylic acids is 1. The molecule has 1 rings (SSSR count). The minimum Gasteiger partial charge on any atom is -0.480 e. The highest BCUT2D eigenvalue weighted by Gasteiger charge is 2.45. The van der Waals surface area contributed by atoms with Gasteiger partial charge in [-0.3, -0.25) is 4.79 Å². The minimum atomic E-state index is -0.923. The second-order valence-corrected chi connectivity index (χ2v) is 5.12. The van der Waals surface area contributed by atoms with E-state index < -0.39 is 16.9 Å². The van der Waals surface area contributed by atoms with Crippen molar-refractivity contribution < 1.29 is 14.7 Å². The summed E-state index contributed by atoms with van der Waals surface area (Å²) in [5.74, 6) is -0.627. The largest absolute Gasteiger partial charge is 0.480 e. The number of carboxylic acids is 1.